The second-order valence-electron chi connectivity index (χ2n) is 8.43. The Bertz CT molecular complexity index is 551. The molecular formula is C20H32O2Si. The molecule has 128 valence electrons. The highest BCUT2D eigenvalue weighted by Crippen LogP contribution is 2.41. The highest BCUT2D eigenvalue weighted by Gasteiger charge is 2.39. The largest absolute Gasteiger partial charge is 0.469 e. The van der Waals surface area contributed by atoms with Gasteiger partial charge in [0, 0.05) is 5.92 Å². The molecule has 0 spiro atoms. The molecule has 3 heteroatoms. The van der Waals surface area contributed by atoms with Gasteiger partial charge in [-0.05, 0) is 24.4 Å². The van der Waals surface area contributed by atoms with E-state index in [9.17, 15) is 4.79 Å². The van der Waals surface area contributed by atoms with Crippen molar-refractivity contribution in [3.05, 3.63) is 47.7 Å². The average molecular weight is 333 g/mol. The Balaban J connectivity index is 3.30. The van der Waals surface area contributed by atoms with Crippen LogP contribution in [0.3, 0.4) is 0 Å². The fraction of sp³-hybridized carbons (Fsp3) is 0.550. The van der Waals surface area contributed by atoms with Gasteiger partial charge in [0.1, 0.15) is 0 Å². The lowest BCUT2D eigenvalue weighted by molar-refractivity contribution is -0.151. The number of carbonyl (C=O) groups is 1. The Hall–Kier alpha value is -1.35. The molecule has 0 saturated heterocycles. The quantitative estimate of drug-likeness (QED) is 0.520. The number of ether oxygens (including phenoxy) is 1. The van der Waals surface area contributed by atoms with Crippen LogP contribution in [0.2, 0.25) is 18.1 Å². The number of benzene rings is 1. The van der Waals surface area contributed by atoms with Crippen molar-refractivity contribution < 1.29 is 9.53 Å². The van der Waals surface area contributed by atoms with Crippen LogP contribution in [-0.4, -0.2) is 21.2 Å². The number of methoxy groups -OCH3 is 1. The van der Waals surface area contributed by atoms with Crippen molar-refractivity contribution in [1.82, 2.24) is 0 Å². The van der Waals surface area contributed by atoms with Gasteiger partial charge < -0.3 is 4.74 Å². The molecule has 0 fully saturated rings. The van der Waals surface area contributed by atoms with E-state index in [-0.39, 0.29) is 16.9 Å². The lowest BCUT2D eigenvalue weighted by Crippen LogP contribution is -2.36. The van der Waals surface area contributed by atoms with E-state index in [0.717, 1.165) is 5.56 Å². The van der Waals surface area contributed by atoms with Crippen molar-refractivity contribution in [3.8, 4) is 0 Å². The smallest absolute Gasteiger partial charge is 0.312 e. The minimum Gasteiger partial charge on any atom is -0.469 e. The highest BCUT2D eigenvalue weighted by atomic mass is 28.3. The van der Waals surface area contributed by atoms with Crippen molar-refractivity contribution in [2.45, 2.75) is 58.7 Å². The molecule has 2 nitrogen and oxygen atoms in total. The molecule has 0 amide bonds. The van der Waals surface area contributed by atoms with E-state index in [1.807, 2.05) is 32.0 Å². The van der Waals surface area contributed by atoms with E-state index in [4.69, 9.17) is 4.74 Å². The van der Waals surface area contributed by atoms with Crippen LogP contribution in [0.5, 0.6) is 0 Å². The monoisotopic (exact) mass is 332 g/mol. The third kappa shape index (κ3) is 4.57. The molecule has 0 aliphatic heterocycles. The number of esters is 1. The van der Waals surface area contributed by atoms with Gasteiger partial charge in [-0.15, -0.1) is 0 Å². The predicted octanol–water partition coefficient (Wildman–Crippen LogP) is 5.57. The van der Waals surface area contributed by atoms with Crippen LogP contribution in [0.25, 0.3) is 0 Å². The van der Waals surface area contributed by atoms with E-state index >= 15 is 0 Å². The number of allylic oxidation sites excluding steroid dienone is 1. The summed E-state index contributed by atoms with van der Waals surface area (Å²) in [4.78, 5) is 12.3. The summed E-state index contributed by atoms with van der Waals surface area (Å²) in [5, 5.41) is 0.278. The first-order valence-corrected chi connectivity index (χ1v) is 11.3. The maximum atomic E-state index is 12.3. The Morgan fingerprint density at radius 3 is 2.04 bits per heavy atom. The van der Waals surface area contributed by atoms with Crippen molar-refractivity contribution >= 4 is 14.0 Å². The minimum absolute atomic E-state index is 0.00488. The van der Waals surface area contributed by atoms with Gasteiger partial charge in [-0.3, -0.25) is 4.79 Å². The molecule has 0 aromatic heterocycles. The first-order chi connectivity index (χ1) is 10.4. The van der Waals surface area contributed by atoms with Gasteiger partial charge in [-0.25, -0.2) is 0 Å². The molecule has 23 heavy (non-hydrogen) atoms. The molecule has 0 aliphatic rings. The molecule has 0 N–H and O–H groups in total. The second kappa shape index (κ2) is 7.04. The first kappa shape index (κ1) is 19.7. The van der Waals surface area contributed by atoms with Gasteiger partial charge in [0.15, 0.2) is 0 Å². The SMILES string of the molecule is COC(=O)C(C)(C)C(/C=C/[Si](C)(C)C(C)(C)C)c1ccccc1. The summed E-state index contributed by atoms with van der Waals surface area (Å²) < 4.78 is 5.06. The van der Waals surface area contributed by atoms with Crippen LogP contribution < -0.4 is 0 Å². The zero-order valence-electron chi connectivity index (χ0n) is 15.9. The van der Waals surface area contributed by atoms with E-state index < -0.39 is 13.5 Å². The minimum atomic E-state index is -1.56. The predicted molar refractivity (Wildman–Crippen MR) is 101 cm³/mol. The van der Waals surface area contributed by atoms with Crippen molar-refractivity contribution in [2.24, 2.45) is 5.41 Å². The summed E-state index contributed by atoms with van der Waals surface area (Å²) in [6, 6.07) is 10.2. The van der Waals surface area contributed by atoms with Crippen molar-refractivity contribution in [2.75, 3.05) is 7.11 Å². The van der Waals surface area contributed by atoms with Crippen molar-refractivity contribution in [1.29, 1.82) is 0 Å². The van der Waals surface area contributed by atoms with Crippen LogP contribution in [0.15, 0.2) is 42.1 Å². The summed E-state index contributed by atoms with van der Waals surface area (Å²) >= 11 is 0. The second-order valence-corrected chi connectivity index (χ2v) is 13.7. The van der Waals surface area contributed by atoms with Crippen molar-refractivity contribution in [3.63, 3.8) is 0 Å². The van der Waals surface area contributed by atoms with Gasteiger partial charge in [-0.1, -0.05) is 76.0 Å². The van der Waals surface area contributed by atoms with E-state index in [0.29, 0.717) is 0 Å². The Morgan fingerprint density at radius 1 is 1.09 bits per heavy atom. The maximum Gasteiger partial charge on any atom is 0.312 e. The van der Waals surface area contributed by atoms with Crippen LogP contribution in [-0.2, 0) is 9.53 Å². The summed E-state index contributed by atoms with van der Waals surface area (Å²) in [5.74, 6) is -0.170. The topological polar surface area (TPSA) is 26.3 Å². The molecule has 1 aromatic rings. The maximum absolute atomic E-state index is 12.3. The average Bonchev–Trinajstić information content (AvgIpc) is 2.46. The van der Waals surface area contributed by atoms with E-state index in [1.165, 1.54) is 7.11 Å². The fourth-order valence-corrected chi connectivity index (χ4v) is 3.58. The molecular weight excluding hydrogens is 300 g/mol. The van der Waals surface area contributed by atoms with Crippen LogP contribution >= 0.6 is 0 Å². The molecule has 0 bridgehead atoms. The van der Waals surface area contributed by atoms with Gasteiger partial charge in [0.05, 0.1) is 20.6 Å². The van der Waals surface area contributed by atoms with Crippen LogP contribution in [0.1, 0.15) is 46.1 Å². The number of hydrogen-bond donors (Lipinski definition) is 0. The van der Waals surface area contributed by atoms with E-state index in [2.05, 4.69) is 57.8 Å². The lowest BCUT2D eigenvalue weighted by Gasteiger charge is -2.36. The molecule has 0 aliphatic carbocycles. The number of carbonyl (C=O) groups excluding carboxylic acids is 1. The number of rotatable bonds is 5. The van der Waals surface area contributed by atoms with Gasteiger partial charge in [-0.2, -0.15) is 0 Å². The molecule has 1 unspecified atom stereocenters. The molecule has 1 aromatic carbocycles. The Morgan fingerprint density at radius 2 is 1.61 bits per heavy atom. The summed E-state index contributed by atoms with van der Waals surface area (Å²) in [6.45, 7) is 15.6. The highest BCUT2D eigenvalue weighted by molar-refractivity contribution is 6.84. The van der Waals surface area contributed by atoms with Gasteiger partial charge in [0.25, 0.3) is 0 Å². The van der Waals surface area contributed by atoms with E-state index in [1.54, 1.807) is 0 Å². The number of hydrogen-bond acceptors (Lipinski definition) is 2. The Labute approximate surface area is 143 Å². The zero-order valence-corrected chi connectivity index (χ0v) is 16.9. The summed E-state index contributed by atoms with van der Waals surface area (Å²) in [6.07, 6.45) is 2.24. The van der Waals surface area contributed by atoms with Gasteiger partial charge >= 0.3 is 5.97 Å². The summed E-state index contributed by atoms with van der Waals surface area (Å²) in [7, 11) is -0.0950. The third-order valence-electron chi connectivity index (χ3n) is 5.29. The molecule has 1 rings (SSSR count). The third-order valence-corrected chi connectivity index (χ3v) is 10.2. The standard InChI is InChI=1S/C20H32O2Si/c1-19(2,3)23(7,8)15-14-17(16-12-10-9-11-13-16)20(4,5)18(21)22-6/h9-15,17H,1-8H3/b15-14+. The van der Waals surface area contributed by atoms with Crippen LogP contribution in [0.4, 0.5) is 0 Å². The van der Waals surface area contributed by atoms with Crippen LogP contribution in [0, 0.1) is 5.41 Å². The fourth-order valence-electron chi connectivity index (χ4n) is 2.41. The molecule has 0 heterocycles. The summed E-state index contributed by atoms with van der Waals surface area (Å²) in [5.41, 5.74) is 2.93. The lowest BCUT2D eigenvalue weighted by atomic mass is 9.75. The molecule has 0 radical (unpaired) electrons. The zero-order chi connectivity index (χ0) is 17.9. The first-order valence-electron chi connectivity index (χ1n) is 8.26. The normalized spacial score (nSPS) is 14.8. The Kier molecular flexibility index (Phi) is 6.03. The van der Waals surface area contributed by atoms with Gasteiger partial charge in [0.2, 0.25) is 0 Å². The molecule has 1 atom stereocenters. The molecule has 0 saturated carbocycles.